The van der Waals surface area contributed by atoms with Crippen LogP contribution in [0.3, 0.4) is 0 Å². The number of aryl methyl sites for hydroxylation is 2. The number of amides is 2. The largest absolute Gasteiger partial charge is 0.481 e. The molecule has 2 amide bonds. The highest BCUT2D eigenvalue weighted by Gasteiger charge is 2.50. The number of likely N-dealkylation sites (tertiary alicyclic amines) is 1. The molecular formula is C33H32F5N5O4. The zero-order valence-electron chi connectivity index (χ0n) is 26.1. The molecule has 2 aromatic heterocycles. The van der Waals surface area contributed by atoms with Gasteiger partial charge in [-0.2, -0.15) is 13.2 Å². The lowest BCUT2D eigenvalue weighted by Gasteiger charge is -2.29. The van der Waals surface area contributed by atoms with E-state index < -0.39 is 76.6 Å². The molecule has 2 aromatic carbocycles. The van der Waals surface area contributed by atoms with Gasteiger partial charge in [0.2, 0.25) is 5.91 Å². The van der Waals surface area contributed by atoms with Crippen molar-refractivity contribution in [1.29, 1.82) is 0 Å². The molecule has 1 saturated heterocycles. The van der Waals surface area contributed by atoms with Crippen molar-refractivity contribution in [2.75, 3.05) is 6.54 Å². The first-order valence-electron chi connectivity index (χ1n) is 14.7. The van der Waals surface area contributed by atoms with Crippen LogP contribution in [0.1, 0.15) is 66.0 Å². The summed E-state index contributed by atoms with van der Waals surface area (Å²) in [4.78, 5) is 49.2. The zero-order valence-corrected chi connectivity index (χ0v) is 26.1. The average Bonchev–Trinajstić information content (AvgIpc) is 3.51. The summed E-state index contributed by atoms with van der Waals surface area (Å²) in [5.41, 5.74) is -1.08. The van der Waals surface area contributed by atoms with Crippen LogP contribution in [0.5, 0.6) is 0 Å². The Hall–Kier alpha value is -4.88. The molecule has 5 rings (SSSR count). The van der Waals surface area contributed by atoms with Gasteiger partial charge in [0.25, 0.3) is 5.91 Å². The van der Waals surface area contributed by atoms with Crippen molar-refractivity contribution >= 4 is 23.4 Å². The number of nitrogens with one attached hydrogen (secondary N) is 1. The summed E-state index contributed by atoms with van der Waals surface area (Å²) in [5.74, 6) is -6.05. The Balaban J connectivity index is 1.52. The highest BCUT2D eigenvalue weighted by Crippen LogP contribution is 2.41. The van der Waals surface area contributed by atoms with Crippen molar-refractivity contribution in [3.8, 4) is 11.1 Å². The van der Waals surface area contributed by atoms with Crippen LogP contribution in [-0.4, -0.2) is 54.7 Å². The number of carbonyl (C=O) groups is 3. The number of hydrogen-bond acceptors (Lipinski definition) is 5. The molecule has 3 heterocycles. The van der Waals surface area contributed by atoms with Gasteiger partial charge in [-0.15, -0.1) is 0 Å². The van der Waals surface area contributed by atoms with E-state index in [2.05, 4.69) is 15.3 Å². The van der Waals surface area contributed by atoms with Crippen molar-refractivity contribution in [2.24, 2.45) is 11.3 Å². The van der Waals surface area contributed by atoms with E-state index in [1.165, 1.54) is 37.3 Å². The Bertz CT molecular complexity index is 1850. The lowest BCUT2D eigenvalue weighted by molar-refractivity contribution is -0.138. The maximum absolute atomic E-state index is 15.4. The van der Waals surface area contributed by atoms with E-state index >= 15 is 8.78 Å². The summed E-state index contributed by atoms with van der Waals surface area (Å²) in [6, 6.07) is 0.978. The molecule has 1 fully saturated rings. The number of nitrogens with zero attached hydrogens (tertiary/aromatic N) is 4. The van der Waals surface area contributed by atoms with Crippen LogP contribution in [0.15, 0.2) is 49.1 Å². The number of carboxylic acids is 1. The lowest BCUT2D eigenvalue weighted by Crippen LogP contribution is -2.49. The first-order valence-corrected chi connectivity index (χ1v) is 14.7. The number of carboxylic acid groups (broad SMARTS) is 1. The van der Waals surface area contributed by atoms with Crippen molar-refractivity contribution in [2.45, 2.75) is 59.3 Å². The van der Waals surface area contributed by atoms with Gasteiger partial charge >= 0.3 is 12.1 Å². The second kappa shape index (κ2) is 12.0. The normalized spacial score (nSPS) is 18.4. The molecule has 0 radical (unpaired) electrons. The Labute approximate surface area is 266 Å². The van der Waals surface area contributed by atoms with Crippen LogP contribution in [0.2, 0.25) is 0 Å². The van der Waals surface area contributed by atoms with E-state index in [0.717, 1.165) is 24.3 Å². The number of halogens is 5. The Morgan fingerprint density at radius 2 is 1.77 bits per heavy atom. The van der Waals surface area contributed by atoms with Crippen LogP contribution in [-0.2, 0) is 15.8 Å². The third kappa shape index (κ3) is 6.41. The second-order valence-corrected chi connectivity index (χ2v) is 12.6. The smallest absolute Gasteiger partial charge is 0.416 e. The third-order valence-corrected chi connectivity index (χ3v) is 8.91. The number of aromatic nitrogens is 3. The topological polar surface area (TPSA) is 117 Å². The summed E-state index contributed by atoms with van der Waals surface area (Å²) >= 11 is 0. The average molecular weight is 658 g/mol. The van der Waals surface area contributed by atoms with Gasteiger partial charge in [-0.25, -0.2) is 13.8 Å². The molecule has 1 aliphatic heterocycles. The van der Waals surface area contributed by atoms with Gasteiger partial charge < -0.3 is 19.7 Å². The number of fused-ring (bicyclic) bond motifs is 1. The number of aliphatic carboxylic acids is 1. The Morgan fingerprint density at radius 3 is 2.36 bits per heavy atom. The van der Waals surface area contributed by atoms with Crippen LogP contribution in [0, 0.1) is 36.8 Å². The first kappa shape index (κ1) is 33.5. The Morgan fingerprint density at radius 1 is 1.11 bits per heavy atom. The van der Waals surface area contributed by atoms with Crippen LogP contribution in [0.25, 0.3) is 16.8 Å². The molecule has 0 aliphatic carbocycles. The van der Waals surface area contributed by atoms with Crippen LogP contribution in [0.4, 0.5) is 22.0 Å². The Kier molecular flexibility index (Phi) is 8.58. The van der Waals surface area contributed by atoms with E-state index in [9.17, 15) is 32.7 Å². The van der Waals surface area contributed by atoms with Gasteiger partial charge in [0.05, 0.1) is 24.2 Å². The van der Waals surface area contributed by atoms with E-state index in [1.807, 2.05) is 13.8 Å². The fourth-order valence-electron chi connectivity index (χ4n) is 6.30. The highest BCUT2D eigenvalue weighted by atomic mass is 19.4. The third-order valence-electron chi connectivity index (χ3n) is 8.91. The molecule has 0 bridgehead atoms. The van der Waals surface area contributed by atoms with Crippen LogP contribution >= 0.6 is 0 Å². The maximum Gasteiger partial charge on any atom is 0.416 e. The van der Waals surface area contributed by atoms with E-state index in [-0.39, 0.29) is 34.5 Å². The summed E-state index contributed by atoms with van der Waals surface area (Å²) in [6.45, 7) is 8.41. The molecule has 47 heavy (non-hydrogen) atoms. The lowest BCUT2D eigenvalue weighted by atomic mass is 9.80. The maximum atomic E-state index is 15.4. The SMILES string of the molecule is Cc1cc(C(F)(F)F)cc(C)c1-c1cc(F)c(F)c([C@H](CC(=O)O)NC(=O)[C@@H]2[C@H](C)C(C)(C)CN2C(=O)c2cn3ccncc3n2)c1. The molecular weight excluding hydrogens is 625 g/mol. The number of alkyl halides is 3. The zero-order chi connectivity index (χ0) is 34.6. The fraction of sp³-hybridized carbons (Fsp3) is 0.364. The van der Waals surface area contributed by atoms with Crippen molar-refractivity contribution in [1.82, 2.24) is 24.6 Å². The predicted molar refractivity (Wildman–Crippen MR) is 160 cm³/mol. The van der Waals surface area contributed by atoms with Gasteiger partial charge in [-0.05, 0) is 71.7 Å². The van der Waals surface area contributed by atoms with Crippen molar-refractivity contribution < 1.29 is 41.4 Å². The predicted octanol–water partition coefficient (Wildman–Crippen LogP) is 6.13. The second-order valence-electron chi connectivity index (χ2n) is 12.6. The van der Waals surface area contributed by atoms with Gasteiger partial charge in [-0.3, -0.25) is 19.4 Å². The van der Waals surface area contributed by atoms with E-state index in [4.69, 9.17) is 0 Å². The van der Waals surface area contributed by atoms with Gasteiger partial charge in [-0.1, -0.05) is 20.8 Å². The quantitative estimate of drug-likeness (QED) is 0.231. The summed E-state index contributed by atoms with van der Waals surface area (Å²) in [5, 5.41) is 12.2. The highest BCUT2D eigenvalue weighted by molar-refractivity contribution is 5.97. The molecule has 9 nitrogen and oxygen atoms in total. The van der Waals surface area contributed by atoms with Crippen LogP contribution < -0.4 is 5.32 Å². The number of imidazole rings is 1. The molecule has 0 unspecified atom stereocenters. The minimum absolute atomic E-state index is 0.000715. The van der Waals surface area contributed by atoms with Crippen molar-refractivity contribution in [3.05, 3.63) is 88.6 Å². The van der Waals surface area contributed by atoms with Gasteiger partial charge in [0.15, 0.2) is 17.3 Å². The molecule has 0 saturated carbocycles. The molecule has 4 aromatic rings. The monoisotopic (exact) mass is 657 g/mol. The molecule has 1 aliphatic rings. The number of carbonyl (C=O) groups excluding carboxylic acids is 2. The standard InChI is InChI=1S/C33H32F5N5O4/c1-16-8-20(33(36,37)38)9-17(2)27(16)19-10-21(28(35)22(34)11-19)23(12-26(44)45)41-30(46)29-18(3)32(4,5)15-43(29)31(47)24-14-42-7-6-39-13-25(42)40-24/h6-11,13-14,18,23,29H,12,15H2,1-5H3,(H,41,46)(H,44,45)/t18-,23-,29-/m0/s1. The molecule has 3 atom stereocenters. The van der Waals surface area contributed by atoms with Gasteiger partial charge in [0.1, 0.15) is 11.7 Å². The fourth-order valence-corrected chi connectivity index (χ4v) is 6.30. The molecule has 248 valence electrons. The van der Waals surface area contributed by atoms with E-state index in [1.54, 1.807) is 17.5 Å². The minimum atomic E-state index is -4.63. The summed E-state index contributed by atoms with van der Waals surface area (Å²) < 4.78 is 72.3. The molecule has 2 N–H and O–H groups in total. The molecule has 0 spiro atoms. The number of hydrogen-bond donors (Lipinski definition) is 2. The van der Waals surface area contributed by atoms with E-state index in [0.29, 0.717) is 5.65 Å². The van der Waals surface area contributed by atoms with Gasteiger partial charge in [0, 0.05) is 30.7 Å². The summed E-state index contributed by atoms with van der Waals surface area (Å²) in [6.07, 6.45) is 0.587. The first-order chi connectivity index (χ1) is 21.9. The van der Waals surface area contributed by atoms with Crippen molar-refractivity contribution in [3.63, 3.8) is 0 Å². The molecule has 14 heteroatoms. The minimum Gasteiger partial charge on any atom is -0.481 e. The number of benzene rings is 2. The number of rotatable bonds is 7. The summed E-state index contributed by atoms with van der Waals surface area (Å²) in [7, 11) is 0.